The molecule has 3 rings (SSSR count). The summed E-state index contributed by atoms with van der Waals surface area (Å²) in [5.41, 5.74) is 2.14. The molecule has 0 aliphatic carbocycles. The SMILES string of the molecule is COC(=O)c1ccc(C=C2N=C(c3ccccc3)OC2=O)cc1. The van der Waals surface area contributed by atoms with Crippen molar-refractivity contribution in [3.05, 3.63) is 77.0 Å². The van der Waals surface area contributed by atoms with E-state index in [1.807, 2.05) is 30.3 Å². The van der Waals surface area contributed by atoms with Crippen molar-refractivity contribution in [2.24, 2.45) is 4.99 Å². The summed E-state index contributed by atoms with van der Waals surface area (Å²) >= 11 is 0. The molecule has 23 heavy (non-hydrogen) atoms. The van der Waals surface area contributed by atoms with Crippen LogP contribution in [0.1, 0.15) is 21.5 Å². The van der Waals surface area contributed by atoms with Crippen LogP contribution in [0.25, 0.3) is 6.08 Å². The van der Waals surface area contributed by atoms with Gasteiger partial charge in [0.1, 0.15) is 0 Å². The second-order valence-electron chi connectivity index (χ2n) is 4.82. The molecule has 0 amide bonds. The van der Waals surface area contributed by atoms with Crippen LogP contribution in [0.15, 0.2) is 65.3 Å². The third-order valence-corrected chi connectivity index (χ3v) is 3.28. The number of hydrogen-bond donors (Lipinski definition) is 0. The molecule has 0 atom stereocenters. The van der Waals surface area contributed by atoms with Crippen molar-refractivity contribution in [1.29, 1.82) is 0 Å². The van der Waals surface area contributed by atoms with Crippen LogP contribution in [0.2, 0.25) is 0 Å². The predicted octanol–water partition coefficient (Wildman–Crippen LogP) is 2.82. The monoisotopic (exact) mass is 307 g/mol. The number of cyclic esters (lactones) is 1. The molecule has 0 spiro atoms. The zero-order valence-corrected chi connectivity index (χ0v) is 12.4. The van der Waals surface area contributed by atoms with Crippen molar-refractivity contribution < 1.29 is 19.1 Å². The van der Waals surface area contributed by atoms with Crippen LogP contribution in [0.5, 0.6) is 0 Å². The molecule has 0 radical (unpaired) electrons. The summed E-state index contributed by atoms with van der Waals surface area (Å²) in [6.07, 6.45) is 1.61. The minimum atomic E-state index is -0.499. The van der Waals surface area contributed by atoms with E-state index in [1.165, 1.54) is 7.11 Å². The van der Waals surface area contributed by atoms with E-state index in [9.17, 15) is 9.59 Å². The number of esters is 2. The van der Waals surface area contributed by atoms with Gasteiger partial charge in [0.2, 0.25) is 5.90 Å². The molecule has 114 valence electrons. The molecule has 0 N–H and O–H groups in total. The van der Waals surface area contributed by atoms with Crippen LogP contribution in [-0.4, -0.2) is 24.9 Å². The van der Waals surface area contributed by atoms with Crippen LogP contribution in [0, 0.1) is 0 Å². The maximum Gasteiger partial charge on any atom is 0.363 e. The fraction of sp³-hybridized carbons (Fsp3) is 0.0556. The van der Waals surface area contributed by atoms with Crippen LogP contribution in [0.3, 0.4) is 0 Å². The van der Waals surface area contributed by atoms with E-state index in [4.69, 9.17) is 4.74 Å². The zero-order chi connectivity index (χ0) is 16.2. The Morgan fingerprint density at radius 1 is 1.09 bits per heavy atom. The maximum absolute atomic E-state index is 11.9. The van der Waals surface area contributed by atoms with Crippen molar-refractivity contribution in [2.75, 3.05) is 7.11 Å². The molecule has 0 saturated heterocycles. The molecule has 1 heterocycles. The van der Waals surface area contributed by atoms with Crippen LogP contribution in [0.4, 0.5) is 0 Å². The van der Waals surface area contributed by atoms with E-state index >= 15 is 0 Å². The van der Waals surface area contributed by atoms with Gasteiger partial charge in [-0.1, -0.05) is 30.3 Å². The van der Waals surface area contributed by atoms with Gasteiger partial charge in [-0.05, 0) is 35.9 Å². The lowest BCUT2D eigenvalue weighted by atomic mass is 10.1. The maximum atomic E-state index is 11.9. The molecule has 2 aromatic rings. The molecule has 0 bridgehead atoms. The Morgan fingerprint density at radius 2 is 1.78 bits per heavy atom. The lowest BCUT2D eigenvalue weighted by Gasteiger charge is -1.99. The highest BCUT2D eigenvalue weighted by molar-refractivity contribution is 6.12. The number of benzene rings is 2. The van der Waals surface area contributed by atoms with Gasteiger partial charge in [0.25, 0.3) is 0 Å². The highest BCUT2D eigenvalue weighted by Crippen LogP contribution is 2.19. The minimum Gasteiger partial charge on any atom is -0.465 e. The highest BCUT2D eigenvalue weighted by atomic mass is 16.6. The summed E-state index contributed by atoms with van der Waals surface area (Å²) in [5.74, 6) is -0.622. The largest absolute Gasteiger partial charge is 0.465 e. The average molecular weight is 307 g/mol. The first-order valence-electron chi connectivity index (χ1n) is 6.94. The molecule has 0 unspecified atom stereocenters. The normalized spacial score (nSPS) is 15.3. The van der Waals surface area contributed by atoms with Crippen molar-refractivity contribution in [2.45, 2.75) is 0 Å². The molecular weight excluding hydrogens is 294 g/mol. The average Bonchev–Trinajstić information content (AvgIpc) is 2.96. The number of hydrogen-bond acceptors (Lipinski definition) is 5. The lowest BCUT2D eigenvalue weighted by molar-refractivity contribution is -0.129. The van der Waals surface area contributed by atoms with Crippen molar-refractivity contribution in [3.63, 3.8) is 0 Å². The summed E-state index contributed by atoms with van der Waals surface area (Å²) in [6.45, 7) is 0. The summed E-state index contributed by atoms with van der Waals surface area (Å²) in [6, 6.07) is 15.9. The Bertz CT molecular complexity index is 805. The van der Waals surface area contributed by atoms with Crippen molar-refractivity contribution >= 4 is 23.9 Å². The number of carbonyl (C=O) groups excluding carboxylic acids is 2. The van der Waals surface area contributed by atoms with Gasteiger partial charge in [0, 0.05) is 5.56 Å². The first kappa shape index (κ1) is 14.7. The van der Waals surface area contributed by atoms with Gasteiger partial charge < -0.3 is 9.47 Å². The van der Waals surface area contributed by atoms with E-state index in [0.717, 1.165) is 11.1 Å². The Hall–Kier alpha value is -3.21. The van der Waals surface area contributed by atoms with Crippen LogP contribution >= 0.6 is 0 Å². The molecule has 2 aromatic carbocycles. The highest BCUT2D eigenvalue weighted by Gasteiger charge is 2.23. The number of methoxy groups -OCH3 is 1. The predicted molar refractivity (Wildman–Crippen MR) is 84.8 cm³/mol. The van der Waals surface area contributed by atoms with Crippen molar-refractivity contribution in [1.82, 2.24) is 0 Å². The third-order valence-electron chi connectivity index (χ3n) is 3.28. The minimum absolute atomic E-state index is 0.217. The number of nitrogens with zero attached hydrogens (tertiary/aromatic N) is 1. The summed E-state index contributed by atoms with van der Waals surface area (Å²) < 4.78 is 9.82. The fourth-order valence-corrected chi connectivity index (χ4v) is 2.10. The fourth-order valence-electron chi connectivity index (χ4n) is 2.10. The van der Waals surface area contributed by atoms with E-state index in [-0.39, 0.29) is 11.6 Å². The molecule has 5 nitrogen and oxygen atoms in total. The van der Waals surface area contributed by atoms with E-state index in [0.29, 0.717) is 5.56 Å². The Kier molecular flexibility index (Phi) is 4.01. The second-order valence-corrected chi connectivity index (χ2v) is 4.82. The first-order valence-corrected chi connectivity index (χ1v) is 6.94. The number of carbonyl (C=O) groups is 2. The summed E-state index contributed by atoms with van der Waals surface area (Å²) in [7, 11) is 1.33. The van der Waals surface area contributed by atoms with Gasteiger partial charge in [-0.25, -0.2) is 14.6 Å². The quantitative estimate of drug-likeness (QED) is 0.646. The van der Waals surface area contributed by atoms with Crippen LogP contribution in [-0.2, 0) is 14.3 Å². The van der Waals surface area contributed by atoms with Gasteiger partial charge in [-0.3, -0.25) is 0 Å². The molecule has 0 fully saturated rings. The Labute approximate surface area is 132 Å². The van der Waals surface area contributed by atoms with Gasteiger partial charge in [0.05, 0.1) is 12.7 Å². The second kappa shape index (κ2) is 6.27. The lowest BCUT2D eigenvalue weighted by Crippen LogP contribution is -2.05. The first-order chi connectivity index (χ1) is 11.2. The standard InChI is InChI=1S/C18H13NO4/c1-22-17(20)14-9-7-12(8-10-14)11-15-18(21)23-16(19-15)13-5-3-2-4-6-13/h2-11H,1H3. The topological polar surface area (TPSA) is 65.0 Å². The summed E-state index contributed by atoms with van der Waals surface area (Å²) in [5, 5.41) is 0. The smallest absolute Gasteiger partial charge is 0.363 e. The van der Waals surface area contributed by atoms with Gasteiger partial charge in [-0.2, -0.15) is 0 Å². The summed E-state index contributed by atoms with van der Waals surface area (Å²) in [4.78, 5) is 27.5. The third kappa shape index (κ3) is 3.18. The number of rotatable bonds is 3. The van der Waals surface area contributed by atoms with Gasteiger partial charge in [-0.15, -0.1) is 0 Å². The van der Waals surface area contributed by atoms with E-state index in [2.05, 4.69) is 9.73 Å². The Balaban J connectivity index is 1.86. The number of ether oxygens (including phenoxy) is 2. The molecule has 0 saturated carbocycles. The molecule has 5 heteroatoms. The van der Waals surface area contributed by atoms with E-state index < -0.39 is 11.9 Å². The molecular formula is C18H13NO4. The molecule has 1 aliphatic heterocycles. The number of aliphatic imine (C=N–C) groups is 1. The molecule has 1 aliphatic rings. The van der Waals surface area contributed by atoms with Crippen LogP contribution < -0.4 is 0 Å². The van der Waals surface area contributed by atoms with Gasteiger partial charge >= 0.3 is 11.9 Å². The Morgan fingerprint density at radius 3 is 2.43 bits per heavy atom. The van der Waals surface area contributed by atoms with E-state index in [1.54, 1.807) is 30.3 Å². The molecule has 0 aromatic heterocycles. The van der Waals surface area contributed by atoms with Gasteiger partial charge in [0.15, 0.2) is 5.70 Å². The van der Waals surface area contributed by atoms with Crippen molar-refractivity contribution in [3.8, 4) is 0 Å². The zero-order valence-electron chi connectivity index (χ0n) is 12.4.